The molecule has 5 nitrogen and oxygen atoms in total. The molecule has 2 aliphatic rings. The van der Waals surface area contributed by atoms with Gasteiger partial charge in [-0.15, -0.1) is 0 Å². The van der Waals surface area contributed by atoms with Crippen molar-refractivity contribution in [2.75, 3.05) is 20.6 Å². The van der Waals surface area contributed by atoms with Gasteiger partial charge in [-0.3, -0.25) is 9.69 Å². The molecule has 2 aliphatic heterocycles. The molecule has 2 N–H and O–H groups in total. The van der Waals surface area contributed by atoms with Crippen LogP contribution in [0.3, 0.4) is 0 Å². The van der Waals surface area contributed by atoms with Gasteiger partial charge in [-0.05, 0) is 88.1 Å². The summed E-state index contributed by atoms with van der Waals surface area (Å²) in [4.78, 5) is 17.4. The van der Waals surface area contributed by atoms with Crippen LogP contribution < -0.4 is 10.6 Å². The Balaban J connectivity index is 2.01. The fraction of sp³-hybridized carbons (Fsp3) is 0.955. The highest BCUT2D eigenvalue weighted by Crippen LogP contribution is 2.33. The van der Waals surface area contributed by atoms with Crippen molar-refractivity contribution in [3.63, 3.8) is 0 Å². The van der Waals surface area contributed by atoms with Crippen LogP contribution >= 0.6 is 0 Å². The minimum Gasteiger partial charge on any atom is -0.342 e. The van der Waals surface area contributed by atoms with Crippen LogP contribution in [-0.4, -0.2) is 70.6 Å². The molecule has 27 heavy (non-hydrogen) atoms. The molecular formula is C22H44N4O. The number of likely N-dealkylation sites (N-methyl/N-ethyl adjacent to an activating group) is 2. The monoisotopic (exact) mass is 380 g/mol. The van der Waals surface area contributed by atoms with Crippen molar-refractivity contribution >= 4 is 5.91 Å². The van der Waals surface area contributed by atoms with Gasteiger partial charge >= 0.3 is 0 Å². The van der Waals surface area contributed by atoms with Gasteiger partial charge in [0.15, 0.2) is 0 Å². The molecule has 0 spiro atoms. The fourth-order valence-corrected chi connectivity index (χ4v) is 5.78. The van der Waals surface area contributed by atoms with Crippen LogP contribution in [0.5, 0.6) is 0 Å². The number of hydrogen-bond acceptors (Lipinski definition) is 4. The van der Waals surface area contributed by atoms with Crippen molar-refractivity contribution in [1.29, 1.82) is 0 Å². The summed E-state index contributed by atoms with van der Waals surface area (Å²) in [5.74, 6) is 0.241. The van der Waals surface area contributed by atoms with E-state index in [2.05, 4.69) is 78.0 Å². The molecule has 0 aromatic rings. The SMILES string of the molecule is CN(CC(=O)N(C)C1CC(C)(C)NC(C)(C)C1)C1CC(C)(C)NC(C)(C)C1. The Morgan fingerprint density at radius 1 is 0.741 bits per heavy atom. The molecule has 2 heterocycles. The van der Waals surface area contributed by atoms with Crippen molar-refractivity contribution in [3.05, 3.63) is 0 Å². The van der Waals surface area contributed by atoms with E-state index in [4.69, 9.17) is 0 Å². The summed E-state index contributed by atoms with van der Waals surface area (Å²) in [5.41, 5.74) is 0.295. The Kier molecular flexibility index (Phi) is 6.13. The molecule has 0 unspecified atom stereocenters. The van der Waals surface area contributed by atoms with Gasteiger partial charge in [-0.25, -0.2) is 0 Å². The molecule has 0 atom stereocenters. The summed E-state index contributed by atoms with van der Waals surface area (Å²) in [6.45, 7) is 18.5. The Labute approximate surface area is 167 Å². The van der Waals surface area contributed by atoms with Crippen LogP contribution in [-0.2, 0) is 4.79 Å². The van der Waals surface area contributed by atoms with E-state index >= 15 is 0 Å². The predicted molar refractivity (Wildman–Crippen MR) is 114 cm³/mol. The minimum absolute atomic E-state index is 0.0515. The van der Waals surface area contributed by atoms with E-state index in [-0.39, 0.29) is 34.1 Å². The summed E-state index contributed by atoms with van der Waals surface area (Å²) >= 11 is 0. The number of amides is 1. The first-order chi connectivity index (χ1) is 12.0. The molecule has 0 saturated carbocycles. The zero-order chi connectivity index (χ0) is 20.8. The molecule has 2 saturated heterocycles. The Hall–Kier alpha value is -0.650. The molecule has 1 amide bonds. The normalized spacial score (nSPS) is 27.5. The van der Waals surface area contributed by atoms with Crippen molar-refractivity contribution < 1.29 is 4.79 Å². The Morgan fingerprint density at radius 2 is 1.07 bits per heavy atom. The smallest absolute Gasteiger partial charge is 0.236 e. The van der Waals surface area contributed by atoms with Gasteiger partial charge in [0.05, 0.1) is 6.54 Å². The van der Waals surface area contributed by atoms with Gasteiger partial charge in [0.1, 0.15) is 0 Å². The maximum atomic E-state index is 13.1. The van der Waals surface area contributed by atoms with Gasteiger partial charge < -0.3 is 15.5 Å². The largest absolute Gasteiger partial charge is 0.342 e. The predicted octanol–water partition coefficient (Wildman–Crippen LogP) is 3.00. The molecular weight excluding hydrogens is 336 g/mol. The van der Waals surface area contributed by atoms with Gasteiger partial charge in [-0.2, -0.15) is 0 Å². The number of hydrogen-bond donors (Lipinski definition) is 2. The van der Waals surface area contributed by atoms with E-state index in [1.165, 1.54) is 0 Å². The number of carbonyl (C=O) groups is 1. The highest BCUT2D eigenvalue weighted by Gasteiger charge is 2.42. The first-order valence-corrected chi connectivity index (χ1v) is 10.6. The third kappa shape index (κ3) is 6.16. The first-order valence-electron chi connectivity index (χ1n) is 10.6. The van der Waals surface area contributed by atoms with Gasteiger partial charge in [0.25, 0.3) is 0 Å². The van der Waals surface area contributed by atoms with Gasteiger partial charge in [0.2, 0.25) is 5.91 Å². The van der Waals surface area contributed by atoms with Crippen LogP contribution in [0.25, 0.3) is 0 Å². The molecule has 0 aliphatic carbocycles. The highest BCUT2D eigenvalue weighted by molar-refractivity contribution is 5.78. The van der Waals surface area contributed by atoms with Crippen LogP contribution in [0.15, 0.2) is 0 Å². The third-order valence-corrected chi connectivity index (χ3v) is 6.29. The lowest BCUT2D eigenvalue weighted by molar-refractivity contribution is -0.135. The summed E-state index contributed by atoms with van der Waals surface area (Å²) in [6.07, 6.45) is 4.13. The van der Waals surface area contributed by atoms with Gasteiger partial charge in [0, 0.05) is 41.3 Å². The second-order valence-electron chi connectivity index (χ2n) is 11.8. The lowest BCUT2D eigenvalue weighted by atomic mass is 9.78. The molecule has 2 rings (SSSR count). The average molecular weight is 381 g/mol. The van der Waals surface area contributed by atoms with Crippen LogP contribution in [0.1, 0.15) is 81.1 Å². The number of carbonyl (C=O) groups excluding carboxylic acids is 1. The number of nitrogens with one attached hydrogen (secondary N) is 2. The second-order valence-corrected chi connectivity index (χ2v) is 11.8. The summed E-state index contributed by atoms with van der Waals surface area (Å²) in [7, 11) is 4.11. The highest BCUT2D eigenvalue weighted by atomic mass is 16.2. The maximum absolute atomic E-state index is 13.1. The van der Waals surface area contributed by atoms with E-state index in [1.54, 1.807) is 0 Å². The van der Waals surface area contributed by atoms with Crippen LogP contribution in [0.2, 0.25) is 0 Å². The van der Waals surface area contributed by atoms with E-state index in [9.17, 15) is 4.79 Å². The van der Waals surface area contributed by atoms with Crippen LogP contribution in [0, 0.1) is 0 Å². The van der Waals surface area contributed by atoms with E-state index in [0.717, 1.165) is 25.7 Å². The van der Waals surface area contributed by atoms with E-state index < -0.39 is 0 Å². The number of piperidine rings is 2. The Bertz CT molecular complexity index is 521. The van der Waals surface area contributed by atoms with Crippen molar-refractivity contribution in [3.8, 4) is 0 Å². The zero-order valence-corrected chi connectivity index (χ0v) is 19.5. The quantitative estimate of drug-likeness (QED) is 0.787. The summed E-state index contributed by atoms with van der Waals surface area (Å²) in [5, 5.41) is 7.44. The fourth-order valence-electron chi connectivity index (χ4n) is 5.78. The van der Waals surface area contributed by atoms with E-state index in [1.807, 2.05) is 11.9 Å². The average Bonchev–Trinajstić information content (AvgIpc) is 2.39. The third-order valence-electron chi connectivity index (χ3n) is 6.29. The standard InChI is InChI=1S/C22H44N4O/c1-19(2)11-16(12-20(3,4)23-19)25(9)15-18(27)26(10)17-13-21(5,6)24-22(7,8)14-17/h16-17,23-24H,11-15H2,1-10H3. The number of nitrogens with zero attached hydrogens (tertiary/aromatic N) is 2. The minimum atomic E-state index is 0.0515. The molecule has 0 aromatic carbocycles. The first kappa shape index (κ1) is 22.6. The second kappa shape index (κ2) is 7.31. The van der Waals surface area contributed by atoms with Crippen molar-refractivity contribution in [2.24, 2.45) is 0 Å². The summed E-state index contributed by atoms with van der Waals surface area (Å²) < 4.78 is 0. The molecule has 0 aromatic heterocycles. The molecule has 0 bridgehead atoms. The van der Waals surface area contributed by atoms with Gasteiger partial charge in [-0.1, -0.05) is 0 Å². The Morgan fingerprint density at radius 3 is 1.44 bits per heavy atom. The van der Waals surface area contributed by atoms with E-state index in [0.29, 0.717) is 12.6 Å². The molecule has 0 radical (unpaired) electrons. The lowest BCUT2D eigenvalue weighted by Crippen LogP contribution is -2.63. The molecule has 2 fully saturated rings. The van der Waals surface area contributed by atoms with Crippen molar-refractivity contribution in [2.45, 2.75) is 115 Å². The zero-order valence-electron chi connectivity index (χ0n) is 19.5. The number of rotatable bonds is 4. The lowest BCUT2D eigenvalue weighted by Gasteiger charge is -2.50. The van der Waals surface area contributed by atoms with Crippen LogP contribution in [0.4, 0.5) is 0 Å². The summed E-state index contributed by atoms with van der Waals surface area (Å²) in [6, 6.07) is 0.715. The molecule has 5 heteroatoms. The molecule has 158 valence electrons. The van der Waals surface area contributed by atoms with Crippen molar-refractivity contribution in [1.82, 2.24) is 20.4 Å². The maximum Gasteiger partial charge on any atom is 0.236 e. The topological polar surface area (TPSA) is 47.6 Å².